The Kier molecular flexibility index (Phi) is 15.0. The molecule has 70 heavy (non-hydrogen) atoms. The largest absolute Gasteiger partial charge is 0.339 e. The molecule has 20 nitrogen and oxygen atoms in total. The number of rotatable bonds is 15. The van der Waals surface area contributed by atoms with E-state index < -0.39 is 45.0 Å². The van der Waals surface area contributed by atoms with Crippen LogP contribution in [0.15, 0.2) is 132 Å². The van der Waals surface area contributed by atoms with E-state index in [1.165, 1.54) is 43.3 Å². The second-order valence-electron chi connectivity index (χ2n) is 14.4. The number of fused-ring (bicyclic) bond motifs is 1. The molecule has 0 saturated heterocycles. The number of anilines is 5. The normalized spacial score (nSPS) is 12.0. The van der Waals surface area contributed by atoms with Crippen LogP contribution in [0.5, 0.6) is 0 Å². The van der Waals surface area contributed by atoms with Crippen molar-refractivity contribution in [3.63, 3.8) is 0 Å². The molecule has 0 bridgehead atoms. The van der Waals surface area contributed by atoms with E-state index in [1.807, 2.05) is 0 Å². The summed E-state index contributed by atoms with van der Waals surface area (Å²) in [5, 5.41) is 46.7. The lowest BCUT2D eigenvalue weighted by Gasteiger charge is -2.16. The minimum absolute atomic E-state index is 0.00810. The maximum atomic E-state index is 12.6. The number of aromatic nitrogens is 1. The molecule has 2 aromatic heterocycles. The average molecular weight is 1080 g/mol. The fourth-order valence-corrected chi connectivity index (χ4v) is 10.3. The topological polar surface area (TPSA) is 326 Å². The number of thiophene rings is 1. The number of hydrogen-bond donors (Lipinski definition) is 6. The number of benzene rings is 5. The molecule has 0 aliphatic heterocycles. The second-order valence-corrected chi connectivity index (χ2v) is 20.8. The van der Waals surface area contributed by atoms with Gasteiger partial charge in [0.05, 0.1) is 16.3 Å². The van der Waals surface area contributed by atoms with Crippen molar-refractivity contribution < 1.29 is 43.7 Å². The summed E-state index contributed by atoms with van der Waals surface area (Å²) >= 11 is 18.7. The number of amides is 1. The Morgan fingerprint density at radius 1 is 0.686 bits per heavy atom. The third-order valence-corrected chi connectivity index (χ3v) is 14.4. The lowest BCUT2D eigenvalue weighted by atomic mass is 10.0. The Balaban J connectivity index is 1.40. The van der Waals surface area contributed by atoms with E-state index in [0.29, 0.717) is 22.0 Å². The predicted octanol–water partition coefficient (Wildman–Crippen LogP) is 11.9. The summed E-state index contributed by atoms with van der Waals surface area (Å²) in [5.41, 5.74) is 1.02. The molecule has 356 valence electrons. The van der Waals surface area contributed by atoms with E-state index >= 15 is 0 Å². The Bertz CT molecular complexity index is 3770. The molecule has 5 aromatic carbocycles. The molecule has 0 unspecified atom stereocenters. The van der Waals surface area contributed by atoms with Gasteiger partial charge in [-0.2, -0.15) is 35.8 Å². The van der Waals surface area contributed by atoms with Gasteiger partial charge in [0.2, 0.25) is 5.91 Å². The summed E-state index contributed by atoms with van der Waals surface area (Å²) in [6.07, 6.45) is 0.0341. The Morgan fingerprint density at radius 2 is 1.30 bits per heavy atom. The molecule has 6 N–H and O–H groups in total. The average Bonchev–Trinajstić information content (AvgIpc) is 3.65. The maximum Gasteiger partial charge on any atom is 0.296 e. The van der Waals surface area contributed by atoms with E-state index in [1.54, 1.807) is 36.4 Å². The SMILES string of the molecule is Cc1c(C#N)c(Nc2ccc(Cl)c(S(=O)(=O)O)c2)nc(Nc2ccc(Cl)cc2)c1N=Nc1sc(/N=N/c2cc(S(=O)(=O)O)c3cccc(S(=O)(=O)O)c3c2)c(-c2ccc(NC(=O)CCCl)cc2)c1C#N. The molecular formula is C43H29Cl3N10O10S4. The van der Waals surface area contributed by atoms with Crippen LogP contribution in [0.1, 0.15) is 23.1 Å². The summed E-state index contributed by atoms with van der Waals surface area (Å²) in [6.45, 7) is 1.52. The number of carbonyl (C=O) groups excluding carboxylic acids is 1. The van der Waals surface area contributed by atoms with Crippen molar-refractivity contribution in [2.24, 2.45) is 20.5 Å². The summed E-state index contributed by atoms with van der Waals surface area (Å²) in [7, 11) is -14.7. The number of azo groups is 2. The molecule has 0 radical (unpaired) electrons. The molecule has 0 aliphatic rings. The number of hydrogen-bond acceptors (Lipinski definition) is 17. The lowest BCUT2D eigenvalue weighted by Crippen LogP contribution is -2.11. The number of nitrogens with one attached hydrogen (secondary N) is 3. The first-order valence-electron chi connectivity index (χ1n) is 19.5. The smallest absolute Gasteiger partial charge is 0.296 e. The molecule has 2 heterocycles. The van der Waals surface area contributed by atoms with Gasteiger partial charge in [0.1, 0.15) is 43.1 Å². The molecule has 0 aliphatic carbocycles. The van der Waals surface area contributed by atoms with Gasteiger partial charge < -0.3 is 16.0 Å². The van der Waals surface area contributed by atoms with Crippen molar-refractivity contribution >= 4 is 143 Å². The van der Waals surface area contributed by atoms with Gasteiger partial charge in [0.25, 0.3) is 30.4 Å². The van der Waals surface area contributed by atoms with Crippen LogP contribution in [0, 0.1) is 29.6 Å². The standard InChI is InChI=1S/C43H29Cl3N10O10S4/c1-22-31(20-47)40(51-27-13-14-33(46)36(18-27)70(64,65)66)52-41(50-26-11-7-24(45)8-12-26)39(22)54-55-42-32(21-48)38(23-5-9-25(10-6-23)49-37(57)15-16-44)43(67-42)56-53-28-17-30-29(35(19-28)69(61,62)63)3-2-4-34(30)68(58,59)60/h2-14,17-19H,15-16H2,1H3,(H,49,57)(H2,50,51,52)(H,58,59,60)(H,61,62,63)(H,64,65,66)/b55-54?,56-53+. The zero-order valence-electron chi connectivity index (χ0n) is 35.2. The van der Waals surface area contributed by atoms with E-state index in [2.05, 4.69) is 53.5 Å². The van der Waals surface area contributed by atoms with Crippen molar-refractivity contribution in [3.05, 3.63) is 124 Å². The van der Waals surface area contributed by atoms with Crippen LogP contribution in [0.4, 0.5) is 50.1 Å². The highest BCUT2D eigenvalue weighted by Crippen LogP contribution is 2.49. The highest BCUT2D eigenvalue weighted by Gasteiger charge is 2.25. The van der Waals surface area contributed by atoms with Gasteiger partial charge in [-0.25, -0.2) is 4.98 Å². The van der Waals surface area contributed by atoms with Crippen molar-refractivity contribution in [2.45, 2.75) is 28.0 Å². The van der Waals surface area contributed by atoms with Crippen LogP contribution >= 0.6 is 46.1 Å². The van der Waals surface area contributed by atoms with Crippen LogP contribution in [-0.4, -0.2) is 55.7 Å². The van der Waals surface area contributed by atoms with E-state index in [4.69, 9.17) is 34.8 Å². The zero-order chi connectivity index (χ0) is 50.7. The molecule has 0 atom stereocenters. The van der Waals surface area contributed by atoms with Gasteiger partial charge in [-0.05, 0) is 85.3 Å². The third kappa shape index (κ3) is 11.4. The summed E-state index contributed by atoms with van der Waals surface area (Å²) < 4.78 is 104. The first-order valence-corrected chi connectivity index (χ1v) is 25.9. The molecule has 0 spiro atoms. The minimum Gasteiger partial charge on any atom is -0.339 e. The van der Waals surface area contributed by atoms with E-state index in [9.17, 15) is 54.2 Å². The Morgan fingerprint density at radius 3 is 1.93 bits per heavy atom. The van der Waals surface area contributed by atoms with E-state index in [0.717, 1.165) is 35.6 Å². The number of carbonyl (C=O) groups is 1. The zero-order valence-corrected chi connectivity index (χ0v) is 40.8. The van der Waals surface area contributed by atoms with Gasteiger partial charge in [0, 0.05) is 56.3 Å². The molecule has 1 amide bonds. The monoisotopic (exact) mass is 1080 g/mol. The van der Waals surface area contributed by atoms with Gasteiger partial charge >= 0.3 is 0 Å². The van der Waals surface area contributed by atoms with Crippen LogP contribution < -0.4 is 16.0 Å². The summed E-state index contributed by atoms with van der Waals surface area (Å²) in [6, 6.07) is 25.8. The quantitative estimate of drug-likeness (QED) is 0.0316. The Hall–Kier alpha value is -6.94. The van der Waals surface area contributed by atoms with Crippen molar-refractivity contribution in [2.75, 3.05) is 21.8 Å². The predicted molar refractivity (Wildman–Crippen MR) is 263 cm³/mol. The van der Waals surface area contributed by atoms with Gasteiger partial charge in [0.15, 0.2) is 16.6 Å². The van der Waals surface area contributed by atoms with Gasteiger partial charge in [-0.1, -0.05) is 58.8 Å². The van der Waals surface area contributed by atoms with E-state index in [-0.39, 0.29) is 95.0 Å². The van der Waals surface area contributed by atoms with Gasteiger partial charge in [-0.15, -0.1) is 32.1 Å². The Labute approximate surface area is 417 Å². The molecule has 0 saturated carbocycles. The molecule has 7 rings (SSSR count). The van der Waals surface area contributed by atoms with Crippen LogP contribution in [-0.2, 0) is 35.1 Å². The number of nitriles is 2. The van der Waals surface area contributed by atoms with Crippen LogP contribution in [0.25, 0.3) is 21.9 Å². The fraction of sp³-hybridized carbons (Fsp3) is 0.0698. The lowest BCUT2D eigenvalue weighted by molar-refractivity contribution is -0.115. The highest BCUT2D eigenvalue weighted by atomic mass is 35.5. The van der Waals surface area contributed by atoms with Crippen LogP contribution in [0.3, 0.4) is 0 Å². The molecule has 27 heteroatoms. The summed E-state index contributed by atoms with van der Waals surface area (Å²) in [4.78, 5) is 14.8. The first kappa shape index (κ1) is 50.9. The van der Waals surface area contributed by atoms with Crippen molar-refractivity contribution in [1.82, 2.24) is 4.98 Å². The number of halogens is 3. The number of alkyl halides is 1. The molecular weight excluding hydrogens is 1050 g/mol. The molecule has 7 aromatic rings. The fourth-order valence-electron chi connectivity index (χ4n) is 6.67. The maximum absolute atomic E-state index is 12.6. The number of nitrogens with zero attached hydrogens (tertiary/aromatic N) is 7. The summed E-state index contributed by atoms with van der Waals surface area (Å²) in [5.74, 6) is -0.382. The third-order valence-electron chi connectivity index (χ3n) is 9.82. The van der Waals surface area contributed by atoms with Crippen LogP contribution in [0.2, 0.25) is 10.0 Å². The number of pyridine rings is 1. The highest BCUT2D eigenvalue weighted by molar-refractivity contribution is 7.86. The second kappa shape index (κ2) is 20.6. The van der Waals surface area contributed by atoms with Gasteiger partial charge in [-0.3, -0.25) is 18.5 Å². The van der Waals surface area contributed by atoms with Crippen molar-refractivity contribution in [3.8, 4) is 23.3 Å². The molecule has 0 fully saturated rings. The van der Waals surface area contributed by atoms with Crippen molar-refractivity contribution in [1.29, 1.82) is 10.5 Å². The minimum atomic E-state index is -5.03. The first-order chi connectivity index (χ1) is 33.1.